The first-order valence-electron chi connectivity index (χ1n) is 13.9. The minimum atomic E-state index is -0.936. The third-order valence-electron chi connectivity index (χ3n) is 7.57. The van der Waals surface area contributed by atoms with E-state index >= 15 is 0 Å². The first kappa shape index (κ1) is 29.5. The predicted octanol–water partition coefficient (Wildman–Crippen LogP) is 2.74. The summed E-state index contributed by atoms with van der Waals surface area (Å²) in [6.45, 7) is 4.05. The van der Waals surface area contributed by atoms with Crippen LogP contribution in [0.4, 0.5) is 8.78 Å². The standard InChI is InChI=1S/C30H38F2N4O4/c1-18-17-34-26(21-11-12-21)30(39)36(3)19(2)28(37)35-25(16-20-9-13-23(31)14-10-20)29(38)33-15-5-7-22-6-4-8-24(32)27(22)40-18/h4,6,8-10,13-14,18-19,21,25-26,34H,5,7,11-12,15-17H2,1-3H3,(H,33,38)(H,35,37)/t18-,19-,25-,26+/m1/s1. The molecule has 2 aliphatic rings. The largest absolute Gasteiger partial charge is 0.486 e. The summed E-state index contributed by atoms with van der Waals surface area (Å²) in [5.41, 5.74) is 1.36. The quantitative estimate of drug-likeness (QED) is 0.540. The number of fused-ring (bicyclic) bond motifs is 1. The van der Waals surface area contributed by atoms with Crippen molar-refractivity contribution in [1.29, 1.82) is 0 Å². The first-order chi connectivity index (χ1) is 19.1. The topological polar surface area (TPSA) is 99.8 Å². The Morgan fingerprint density at radius 3 is 2.42 bits per heavy atom. The van der Waals surface area contributed by atoms with Crippen LogP contribution in [0.2, 0.25) is 0 Å². The minimum Gasteiger partial charge on any atom is -0.486 e. The molecule has 1 saturated carbocycles. The Morgan fingerprint density at radius 1 is 1.00 bits per heavy atom. The number of aryl methyl sites for hydroxylation is 1. The maximum absolute atomic E-state index is 14.8. The first-order valence-corrected chi connectivity index (χ1v) is 13.9. The summed E-state index contributed by atoms with van der Waals surface area (Å²) >= 11 is 0. The summed E-state index contributed by atoms with van der Waals surface area (Å²) in [5, 5.41) is 8.94. The molecule has 4 atom stereocenters. The van der Waals surface area contributed by atoms with Crippen molar-refractivity contribution in [3.8, 4) is 5.75 Å². The normalized spacial score (nSPS) is 25.6. The van der Waals surface area contributed by atoms with Crippen molar-refractivity contribution in [3.05, 3.63) is 65.2 Å². The van der Waals surface area contributed by atoms with Gasteiger partial charge in [0.15, 0.2) is 11.6 Å². The number of amides is 3. The highest BCUT2D eigenvalue weighted by atomic mass is 19.1. The number of nitrogens with zero attached hydrogens (tertiary/aromatic N) is 1. The van der Waals surface area contributed by atoms with Crippen LogP contribution in [0.15, 0.2) is 42.5 Å². The van der Waals surface area contributed by atoms with Crippen molar-refractivity contribution >= 4 is 17.7 Å². The molecule has 0 radical (unpaired) electrons. The summed E-state index contributed by atoms with van der Waals surface area (Å²) in [7, 11) is 1.57. The van der Waals surface area contributed by atoms with Crippen molar-refractivity contribution in [3.63, 3.8) is 0 Å². The molecule has 0 aromatic heterocycles. The van der Waals surface area contributed by atoms with Gasteiger partial charge in [0.1, 0.15) is 24.0 Å². The van der Waals surface area contributed by atoms with Gasteiger partial charge in [-0.2, -0.15) is 0 Å². The average Bonchev–Trinajstić information content (AvgIpc) is 3.77. The van der Waals surface area contributed by atoms with Crippen molar-refractivity contribution in [2.24, 2.45) is 5.92 Å². The number of hydrogen-bond acceptors (Lipinski definition) is 5. The minimum absolute atomic E-state index is 0.143. The second-order valence-corrected chi connectivity index (χ2v) is 10.8. The Hall–Kier alpha value is -3.53. The molecule has 3 N–H and O–H groups in total. The van der Waals surface area contributed by atoms with Crippen LogP contribution in [-0.4, -0.2) is 67.0 Å². The molecule has 3 amide bonds. The molecule has 216 valence electrons. The van der Waals surface area contributed by atoms with Gasteiger partial charge in [-0.3, -0.25) is 14.4 Å². The molecule has 1 heterocycles. The number of carbonyl (C=O) groups excluding carboxylic acids is 3. The summed E-state index contributed by atoms with van der Waals surface area (Å²) in [4.78, 5) is 41.3. The number of halogens is 2. The number of benzene rings is 2. The number of carbonyl (C=O) groups is 3. The fraction of sp³-hybridized carbons (Fsp3) is 0.500. The van der Waals surface area contributed by atoms with Crippen LogP contribution in [0.3, 0.4) is 0 Å². The number of ether oxygens (including phenoxy) is 1. The molecular weight excluding hydrogens is 518 g/mol. The lowest BCUT2D eigenvalue weighted by molar-refractivity contribution is -0.141. The van der Waals surface area contributed by atoms with Gasteiger partial charge >= 0.3 is 0 Å². The summed E-state index contributed by atoms with van der Waals surface area (Å²) in [6.07, 6.45) is 2.50. The van der Waals surface area contributed by atoms with E-state index < -0.39 is 47.7 Å². The number of nitrogens with one attached hydrogen (secondary N) is 3. The van der Waals surface area contributed by atoms with Gasteiger partial charge in [-0.25, -0.2) is 8.78 Å². The highest BCUT2D eigenvalue weighted by molar-refractivity contribution is 5.93. The monoisotopic (exact) mass is 556 g/mol. The molecule has 1 aliphatic carbocycles. The Kier molecular flexibility index (Phi) is 9.73. The highest BCUT2D eigenvalue weighted by Crippen LogP contribution is 2.34. The number of hydrogen-bond donors (Lipinski definition) is 3. The van der Waals surface area contributed by atoms with E-state index in [0.717, 1.165) is 12.8 Å². The maximum Gasteiger partial charge on any atom is 0.243 e. The van der Waals surface area contributed by atoms with Gasteiger partial charge in [0.05, 0.1) is 6.04 Å². The zero-order valence-corrected chi connectivity index (χ0v) is 23.2. The van der Waals surface area contributed by atoms with Gasteiger partial charge in [0, 0.05) is 26.6 Å². The van der Waals surface area contributed by atoms with Crippen LogP contribution in [0.25, 0.3) is 0 Å². The zero-order chi connectivity index (χ0) is 28.8. The summed E-state index contributed by atoms with van der Waals surface area (Å²) < 4.78 is 34.2. The van der Waals surface area contributed by atoms with E-state index in [9.17, 15) is 23.2 Å². The van der Waals surface area contributed by atoms with Gasteiger partial charge < -0.3 is 25.6 Å². The van der Waals surface area contributed by atoms with Crippen LogP contribution in [0.5, 0.6) is 5.75 Å². The van der Waals surface area contributed by atoms with E-state index in [-0.39, 0.29) is 24.0 Å². The summed E-state index contributed by atoms with van der Waals surface area (Å²) in [6, 6.07) is 8.22. The summed E-state index contributed by atoms with van der Waals surface area (Å²) in [5.74, 6) is -1.64. The SMILES string of the molecule is C[C@@H]1CN[C@@H](C2CC2)C(=O)N(C)[C@H](C)C(=O)N[C@H](Cc2ccc(F)cc2)C(=O)NCCCc2cccc(F)c2O1. The van der Waals surface area contributed by atoms with Crippen molar-refractivity contribution in [1.82, 2.24) is 20.9 Å². The van der Waals surface area contributed by atoms with Crippen LogP contribution in [-0.2, 0) is 27.2 Å². The molecular formula is C30H38F2N4O4. The van der Waals surface area contributed by atoms with E-state index in [4.69, 9.17) is 4.74 Å². The Morgan fingerprint density at radius 2 is 1.73 bits per heavy atom. The van der Waals surface area contributed by atoms with E-state index in [1.807, 2.05) is 6.92 Å². The molecule has 40 heavy (non-hydrogen) atoms. The van der Waals surface area contributed by atoms with E-state index in [1.54, 1.807) is 38.2 Å². The number of rotatable bonds is 3. The van der Waals surface area contributed by atoms with Gasteiger partial charge in [-0.1, -0.05) is 24.3 Å². The highest BCUT2D eigenvalue weighted by Gasteiger charge is 2.39. The molecule has 10 heteroatoms. The third-order valence-corrected chi connectivity index (χ3v) is 7.57. The average molecular weight is 557 g/mol. The lowest BCUT2D eigenvalue weighted by atomic mass is 10.0. The van der Waals surface area contributed by atoms with E-state index in [2.05, 4.69) is 16.0 Å². The Balaban J connectivity index is 1.58. The third kappa shape index (κ3) is 7.56. The molecule has 2 aromatic carbocycles. The second-order valence-electron chi connectivity index (χ2n) is 10.8. The van der Waals surface area contributed by atoms with Crippen molar-refractivity contribution < 1.29 is 27.9 Å². The van der Waals surface area contributed by atoms with Crippen LogP contribution >= 0.6 is 0 Å². The Bertz CT molecular complexity index is 1200. The lowest BCUT2D eigenvalue weighted by Crippen LogP contribution is -2.57. The number of likely N-dealkylation sites (N-methyl/N-ethyl adjacent to an activating group) is 1. The molecule has 0 unspecified atom stereocenters. The maximum atomic E-state index is 14.8. The van der Waals surface area contributed by atoms with Gasteiger partial charge in [0.25, 0.3) is 0 Å². The van der Waals surface area contributed by atoms with E-state index in [1.165, 1.54) is 23.1 Å². The van der Waals surface area contributed by atoms with Crippen LogP contribution in [0, 0.1) is 17.6 Å². The molecule has 0 saturated heterocycles. The fourth-order valence-electron chi connectivity index (χ4n) is 4.86. The molecule has 4 rings (SSSR count). The van der Waals surface area contributed by atoms with Crippen LogP contribution in [0.1, 0.15) is 44.2 Å². The zero-order valence-electron chi connectivity index (χ0n) is 23.2. The van der Waals surface area contributed by atoms with Crippen LogP contribution < -0.4 is 20.7 Å². The smallest absolute Gasteiger partial charge is 0.243 e. The van der Waals surface area contributed by atoms with E-state index in [0.29, 0.717) is 37.1 Å². The van der Waals surface area contributed by atoms with Crippen molar-refractivity contribution in [2.45, 2.75) is 70.2 Å². The van der Waals surface area contributed by atoms with Gasteiger partial charge in [0.2, 0.25) is 17.7 Å². The Labute approximate surface area is 233 Å². The molecule has 2 aromatic rings. The molecule has 0 spiro atoms. The van der Waals surface area contributed by atoms with Gasteiger partial charge in [-0.05, 0) is 74.8 Å². The molecule has 1 aliphatic heterocycles. The molecule has 0 bridgehead atoms. The number of para-hydroxylation sites is 1. The molecule has 8 nitrogen and oxygen atoms in total. The van der Waals surface area contributed by atoms with Gasteiger partial charge in [-0.15, -0.1) is 0 Å². The van der Waals surface area contributed by atoms with Crippen molar-refractivity contribution in [2.75, 3.05) is 20.1 Å². The fourth-order valence-corrected chi connectivity index (χ4v) is 4.86. The lowest BCUT2D eigenvalue weighted by Gasteiger charge is -2.31. The predicted molar refractivity (Wildman–Crippen MR) is 147 cm³/mol. The second kappa shape index (κ2) is 13.2. The molecule has 1 fully saturated rings.